The summed E-state index contributed by atoms with van der Waals surface area (Å²) in [6.45, 7) is 7.79. The van der Waals surface area contributed by atoms with Crippen molar-refractivity contribution < 1.29 is 0 Å². The van der Waals surface area contributed by atoms with Crippen molar-refractivity contribution in [3.05, 3.63) is 15.9 Å². The second-order valence-corrected chi connectivity index (χ2v) is 6.10. The topological polar surface area (TPSA) is 21.1 Å². The van der Waals surface area contributed by atoms with Crippen LogP contribution in [0, 0.1) is 5.92 Å². The van der Waals surface area contributed by atoms with E-state index >= 15 is 0 Å². The molecule has 1 aliphatic carbocycles. The first-order valence-electron chi connectivity index (χ1n) is 7.08. The molecule has 1 fully saturated rings. The minimum atomic E-state index is 0.933. The van der Waals surface area contributed by atoms with Gasteiger partial charge in [-0.25, -0.2) is 0 Å². The van der Waals surface area contributed by atoms with Gasteiger partial charge in [0, 0.05) is 20.1 Å². The van der Waals surface area contributed by atoms with Crippen LogP contribution in [0.2, 0.25) is 0 Å². The summed E-state index contributed by atoms with van der Waals surface area (Å²) >= 11 is 3.71. The van der Waals surface area contributed by atoms with Crippen molar-refractivity contribution in [3.63, 3.8) is 0 Å². The molecular weight excluding hydrogens is 290 g/mol. The van der Waals surface area contributed by atoms with Crippen LogP contribution in [-0.4, -0.2) is 27.8 Å². The molecule has 2 rings (SSSR count). The van der Waals surface area contributed by atoms with E-state index in [2.05, 4.69) is 46.8 Å². The molecule has 102 valence electrons. The van der Waals surface area contributed by atoms with Crippen LogP contribution in [0.5, 0.6) is 0 Å². The van der Waals surface area contributed by atoms with E-state index in [1.165, 1.54) is 41.7 Å². The average Bonchev–Trinajstić information content (AvgIpc) is 2.58. The van der Waals surface area contributed by atoms with Crippen LogP contribution in [0.3, 0.4) is 0 Å². The number of hydrogen-bond acceptors (Lipinski definition) is 2. The third kappa shape index (κ3) is 2.97. The molecule has 1 heterocycles. The van der Waals surface area contributed by atoms with Gasteiger partial charge >= 0.3 is 0 Å². The van der Waals surface area contributed by atoms with Gasteiger partial charge in [0.2, 0.25) is 0 Å². The highest BCUT2D eigenvalue weighted by Gasteiger charge is 2.22. The molecule has 0 amide bonds. The fraction of sp³-hybridized carbons (Fsp3) is 0.786. The lowest BCUT2D eigenvalue weighted by Gasteiger charge is -2.31. The lowest BCUT2D eigenvalue weighted by atomic mass is 9.85. The summed E-state index contributed by atoms with van der Waals surface area (Å²) < 4.78 is 3.24. The van der Waals surface area contributed by atoms with Gasteiger partial charge in [0.05, 0.1) is 15.9 Å². The van der Waals surface area contributed by atoms with Crippen molar-refractivity contribution in [3.8, 4) is 0 Å². The van der Waals surface area contributed by atoms with Crippen molar-refractivity contribution in [1.82, 2.24) is 14.7 Å². The smallest absolute Gasteiger partial charge is 0.0767 e. The Hall–Kier alpha value is -0.350. The van der Waals surface area contributed by atoms with Gasteiger partial charge in [0.1, 0.15) is 0 Å². The maximum atomic E-state index is 4.57. The van der Waals surface area contributed by atoms with E-state index in [1.54, 1.807) is 0 Å². The quantitative estimate of drug-likeness (QED) is 0.803. The van der Waals surface area contributed by atoms with Gasteiger partial charge in [-0.15, -0.1) is 0 Å². The largest absolute Gasteiger partial charge is 0.297 e. The SMILES string of the molecule is CCc1nn(C)c(CN(CC)CC2CCC2)c1Br. The second-order valence-electron chi connectivity index (χ2n) is 5.31. The van der Waals surface area contributed by atoms with Crippen LogP contribution in [0.25, 0.3) is 0 Å². The Morgan fingerprint density at radius 3 is 2.56 bits per heavy atom. The summed E-state index contributed by atoms with van der Waals surface area (Å²) in [5.41, 5.74) is 2.49. The lowest BCUT2D eigenvalue weighted by Crippen LogP contribution is -2.32. The highest BCUT2D eigenvalue weighted by Crippen LogP contribution is 2.28. The summed E-state index contributed by atoms with van der Waals surface area (Å²) in [6.07, 6.45) is 5.26. The number of rotatable bonds is 6. The molecule has 4 heteroatoms. The van der Waals surface area contributed by atoms with E-state index < -0.39 is 0 Å². The van der Waals surface area contributed by atoms with Gasteiger partial charge in [0.15, 0.2) is 0 Å². The van der Waals surface area contributed by atoms with Crippen LogP contribution < -0.4 is 0 Å². The maximum absolute atomic E-state index is 4.57. The molecule has 0 unspecified atom stereocenters. The highest BCUT2D eigenvalue weighted by molar-refractivity contribution is 9.10. The van der Waals surface area contributed by atoms with E-state index in [4.69, 9.17) is 0 Å². The van der Waals surface area contributed by atoms with E-state index in [0.29, 0.717) is 0 Å². The van der Waals surface area contributed by atoms with Gasteiger partial charge < -0.3 is 0 Å². The van der Waals surface area contributed by atoms with Crippen molar-refractivity contribution in [1.29, 1.82) is 0 Å². The molecule has 0 N–H and O–H groups in total. The van der Waals surface area contributed by atoms with Crippen LogP contribution in [0.15, 0.2) is 4.47 Å². The summed E-state index contributed by atoms with van der Waals surface area (Å²) in [6, 6.07) is 0. The average molecular weight is 314 g/mol. The molecule has 1 saturated carbocycles. The number of halogens is 1. The number of hydrogen-bond donors (Lipinski definition) is 0. The van der Waals surface area contributed by atoms with Gasteiger partial charge in [-0.1, -0.05) is 20.3 Å². The van der Waals surface area contributed by atoms with Gasteiger partial charge in [0.25, 0.3) is 0 Å². The zero-order valence-electron chi connectivity index (χ0n) is 11.7. The predicted molar refractivity (Wildman–Crippen MR) is 78.6 cm³/mol. The van der Waals surface area contributed by atoms with E-state index in [9.17, 15) is 0 Å². The molecule has 0 bridgehead atoms. The maximum Gasteiger partial charge on any atom is 0.0767 e. The number of aromatic nitrogens is 2. The monoisotopic (exact) mass is 313 g/mol. The van der Waals surface area contributed by atoms with Crippen LogP contribution in [0.1, 0.15) is 44.5 Å². The molecule has 0 radical (unpaired) electrons. The van der Waals surface area contributed by atoms with Gasteiger partial charge in [-0.05, 0) is 47.7 Å². The number of nitrogens with zero attached hydrogens (tertiary/aromatic N) is 3. The zero-order valence-corrected chi connectivity index (χ0v) is 13.3. The van der Waals surface area contributed by atoms with E-state index in [-0.39, 0.29) is 0 Å². The molecule has 0 aliphatic heterocycles. The van der Waals surface area contributed by atoms with E-state index in [1.807, 2.05) is 4.68 Å². The normalized spacial score (nSPS) is 16.3. The van der Waals surface area contributed by atoms with Crippen molar-refractivity contribution in [2.24, 2.45) is 13.0 Å². The molecule has 0 spiro atoms. The zero-order chi connectivity index (χ0) is 13.1. The third-order valence-electron chi connectivity index (χ3n) is 4.06. The van der Waals surface area contributed by atoms with Crippen LogP contribution in [-0.2, 0) is 20.0 Å². The lowest BCUT2D eigenvalue weighted by molar-refractivity contribution is 0.175. The molecule has 1 aliphatic rings. The Morgan fingerprint density at radius 1 is 1.39 bits per heavy atom. The Kier molecular flexibility index (Phi) is 4.84. The fourth-order valence-corrected chi connectivity index (χ4v) is 3.29. The van der Waals surface area contributed by atoms with Crippen molar-refractivity contribution in [2.45, 2.75) is 46.1 Å². The Bertz CT molecular complexity index is 396. The predicted octanol–water partition coefficient (Wildman–Crippen LogP) is 3.37. The standard InChI is InChI=1S/C14H24BrN3/c1-4-12-14(15)13(17(3)16-12)10-18(5-2)9-11-7-6-8-11/h11H,4-10H2,1-3H3. The summed E-state index contributed by atoms with van der Waals surface area (Å²) in [4.78, 5) is 2.55. The molecule has 0 aromatic carbocycles. The highest BCUT2D eigenvalue weighted by atomic mass is 79.9. The summed E-state index contributed by atoms with van der Waals surface area (Å²) in [7, 11) is 2.05. The number of aryl methyl sites for hydroxylation is 2. The van der Waals surface area contributed by atoms with E-state index in [0.717, 1.165) is 25.4 Å². The van der Waals surface area contributed by atoms with Crippen LogP contribution >= 0.6 is 15.9 Å². The summed E-state index contributed by atoms with van der Waals surface area (Å²) in [5, 5.41) is 4.57. The van der Waals surface area contributed by atoms with Crippen molar-refractivity contribution in [2.75, 3.05) is 13.1 Å². The second kappa shape index (κ2) is 6.20. The molecule has 0 atom stereocenters. The Morgan fingerprint density at radius 2 is 2.11 bits per heavy atom. The fourth-order valence-electron chi connectivity index (χ4n) is 2.55. The van der Waals surface area contributed by atoms with Crippen molar-refractivity contribution >= 4 is 15.9 Å². The van der Waals surface area contributed by atoms with Gasteiger partial charge in [-0.3, -0.25) is 9.58 Å². The molecule has 0 saturated heterocycles. The molecule has 3 nitrogen and oxygen atoms in total. The molecule has 1 aromatic heterocycles. The first-order chi connectivity index (χ1) is 8.65. The Labute approximate surface area is 119 Å². The molecule has 18 heavy (non-hydrogen) atoms. The van der Waals surface area contributed by atoms with Gasteiger partial charge in [-0.2, -0.15) is 5.10 Å². The first kappa shape index (κ1) is 14.1. The minimum Gasteiger partial charge on any atom is -0.297 e. The van der Waals surface area contributed by atoms with Crippen LogP contribution in [0.4, 0.5) is 0 Å². The minimum absolute atomic E-state index is 0.933. The third-order valence-corrected chi connectivity index (χ3v) is 4.98. The Balaban J connectivity index is 2.03. The molecular formula is C14H24BrN3. The molecule has 1 aromatic rings. The summed E-state index contributed by atoms with van der Waals surface area (Å²) in [5.74, 6) is 0.933. The first-order valence-corrected chi connectivity index (χ1v) is 7.87.